The van der Waals surface area contributed by atoms with Crippen LogP contribution >= 0.6 is 0 Å². The Morgan fingerprint density at radius 2 is 2.11 bits per heavy atom. The molecule has 0 heterocycles. The fraction of sp³-hybridized carbons (Fsp3) is 0.455. The van der Waals surface area contributed by atoms with Crippen LogP contribution in [-0.2, 0) is 0 Å². The van der Waals surface area contributed by atoms with Crippen LogP contribution in [0.1, 0.15) is 25.8 Å². The molecular weight excluding hydrogens is 244 g/mol. The van der Waals surface area contributed by atoms with Crippen molar-refractivity contribution >= 4 is 11.4 Å². The zero-order valence-electron chi connectivity index (χ0n) is 10.1. The maximum atomic E-state index is 12.8. The zero-order chi connectivity index (χ0) is 13.9. The lowest BCUT2D eigenvalue weighted by Gasteiger charge is -2.21. The summed E-state index contributed by atoms with van der Waals surface area (Å²) in [4.78, 5) is 9.82. The quantitative estimate of drug-likeness (QED) is 0.629. The van der Waals surface area contributed by atoms with Crippen LogP contribution in [0.2, 0.25) is 0 Å². The number of rotatable bonds is 5. The van der Waals surface area contributed by atoms with E-state index in [1.807, 2.05) is 0 Å². The van der Waals surface area contributed by atoms with Gasteiger partial charge in [-0.05, 0) is 19.9 Å². The summed E-state index contributed by atoms with van der Waals surface area (Å²) in [5.41, 5.74) is 4.57. The van der Waals surface area contributed by atoms with E-state index in [-0.39, 0.29) is 17.9 Å². The van der Waals surface area contributed by atoms with Crippen LogP contribution < -0.4 is 11.1 Å². The smallest absolute Gasteiger partial charge is 0.270 e. The van der Waals surface area contributed by atoms with Gasteiger partial charge in [-0.1, -0.05) is 0 Å². The molecule has 0 aliphatic heterocycles. The summed E-state index contributed by atoms with van der Waals surface area (Å²) in [6.07, 6.45) is -2.78. The average molecular weight is 259 g/mol. The van der Waals surface area contributed by atoms with Crippen molar-refractivity contribution in [2.45, 2.75) is 25.8 Å². The molecule has 100 valence electrons. The number of benzene rings is 1. The summed E-state index contributed by atoms with van der Waals surface area (Å²) >= 11 is 0. The van der Waals surface area contributed by atoms with Crippen LogP contribution in [0.5, 0.6) is 0 Å². The Morgan fingerprint density at radius 3 is 2.56 bits per heavy atom. The second kappa shape index (κ2) is 5.26. The van der Waals surface area contributed by atoms with E-state index >= 15 is 0 Å². The third-order valence-electron chi connectivity index (χ3n) is 2.22. The molecular formula is C11H15F2N3O2. The van der Waals surface area contributed by atoms with Crippen LogP contribution in [0.15, 0.2) is 18.2 Å². The van der Waals surface area contributed by atoms with Crippen LogP contribution in [-0.4, -0.2) is 17.0 Å². The summed E-state index contributed by atoms with van der Waals surface area (Å²) < 4.78 is 25.6. The fourth-order valence-corrected chi connectivity index (χ4v) is 1.33. The molecule has 1 aromatic rings. The van der Waals surface area contributed by atoms with Gasteiger partial charge in [-0.15, -0.1) is 0 Å². The molecule has 0 saturated heterocycles. The van der Waals surface area contributed by atoms with Crippen molar-refractivity contribution in [2.75, 3.05) is 11.9 Å². The summed E-state index contributed by atoms with van der Waals surface area (Å²) in [7, 11) is 0. The molecule has 0 spiro atoms. The topological polar surface area (TPSA) is 81.2 Å². The SMILES string of the molecule is CC(C)(N)CNc1ccc([N+](=O)[O-])cc1C(F)F. The molecule has 0 unspecified atom stereocenters. The Morgan fingerprint density at radius 1 is 1.50 bits per heavy atom. The van der Waals surface area contributed by atoms with Gasteiger partial charge < -0.3 is 11.1 Å². The Balaban J connectivity index is 3.01. The minimum Gasteiger partial charge on any atom is -0.383 e. The number of alkyl halides is 2. The molecule has 0 fully saturated rings. The highest BCUT2D eigenvalue weighted by Gasteiger charge is 2.19. The van der Waals surface area contributed by atoms with Gasteiger partial charge in [-0.2, -0.15) is 0 Å². The van der Waals surface area contributed by atoms with Crippen molar-refractivity contribution in [3.8, 4) is 0 Å². The minimum absolute atomic E-state index is 0.161. The Labute approximate surface area is 103 Å². The molecule has 5 nitrogen and oxygen atoms in total. The first kappa shape index (κ1) is 14.3. The maximum absolute atomic E-state index is 12.8. The number of anilines is 1. The van der Waals surface area contributed by atoms with Crippen molar-refractivity contribution in [1.82, 2.24) is 0 Å². The third-order valence-corrected chi connectivity index (χ3v) is 2.22. The van der Waals surface area contributed by atoms with Gasteiger partial charge in [0.05, 0.1) is 4.92 Å². The van der Waals surface area contributed by atoms with Crippen molar-refractivity contribution in [3.63, 3.8) is 0 Å². The number of nitrogens with zero attached hydrogens (tertiary/aromatic N) is 1. The first-order chi connectivity index (χ1) is 8.20. The minimum atomic E-state index is -2.78. The van der Waals surface area contributed by atoms with Gasteiger partial charge in [0, 0.05) is 35.5 Å². The summed E-state index contributed by atoms with van der Waals surface area (Å²) in [6, 6.07) is 3.32. The fourth-order valence-electron chi connectivity index (χ4n) is 1.33. The van der Waals surface area contributed by atoms with E-state index in [0.717, 1.165) is 6.07 Å². The second-order valence-electron chi connectivity index (χ2n) is 4.67. The van der Waals surface area contributed by atoms with Gasteiger partial charge in [-0.3, -0.25) is 10.1 Å². The van der Waals surface area contributed by atoms with E-state index < -0.39 is 22.5 Å². The lowest BCUT2D eigenvalue weighted by molar-refractivity contribution is -0.385. The first-order valence-corrected chi connectivity index (χ1v) is 5.30. The molecule has 0 aliphatic carbocycles. The molecule has 0 aliphatic rings. The van der Waals surface area contributed by atoms with Crippen molar-refractivity contribution in [3.05, 3.63) is 33.9 Å². The summed E-state index contributed by atoms with van der Waals surface area (Å²) in [5, 5.41) is 13.3. The number of halogens is 2. The Kier molecular flexibility index (Phi) is 4.18. The number of hydrogen-bond acceptors (Lipinski definition) is 4. The number of nitrogens with one attached hydrogen (secondary N) is 1. The number of non-ortho nitro benzene ring substituents is 1. The zero-order valence-corrected chi connectivity index (χ0v) is 10.1. The largest absolute Gasteiger partial charge is 0.383 e. The van der Waals surface area contributed by atoms with E-state index in [1.165, 1.54) is 12.1 Å². The summed E-state index contributed by atoms with van der Waals surface area (Å²) in [5.74, 6) is 0. The highest BCUT2D eigenvalue weighted by Crippen LogP contribution is 2.30. The predicted molar refractivity (Wildman–Crippen MR) is 64.8 cm³/mol. The number of nitro groups is 1. The van der Waals surface area contributed by atoms with Gasteiger partial charge >= 0.3 is 0 Å². The summed E-state index contributed by atoms with van der Waals surface area (Å²) in [6.45, 7) is 3.77. The number of hydrogen-bond donors (Lipinski definition) is 2. The van der Waals surface area contributed by atoms with Crippen molar-refractivity contribution < 1.29 is 13.7 Å². The van der Waals surface area contributed by atoms with E-state index in [9.17, 15) is 18.9 Å². The molecule has 1 aromatic carbocycles. The molecule has 0 atom stereocenters. The molecule has 7 heteroatoms. The van der Waals surface area contributed by atoms with Gasteiger partial charge in [0.15, 0.2) is 0 Å². The number of nitro benzene ring substituents is 1. The highest BCUT2D eigenvalue weighted by atomic mass is 19.3. The maximum Gasteiger partial charge on any atom is 0.270 e. The molecule has 0 amide bonds. The molecule has 0 bridgehead atoms. The number of nitrogens with two attached hydrogens (primary N) is 1. The molecule has 0 saturated carbocycles. The molecule has 3 N–H and O–H groups in total. The van der Waals surface area contributed by atoms with Gasteiger partial charge in [0.25, 0.3) is 12.1 Å². The van der Waals surface area contributed by atoms with Crippen LogP contribution in [0.3, 0.4) is 0 Å². The molecule has 18 heavy (non-hydrogen) atoms. The molecule has 0 radical (unpaired) electrons. The standard InChI is InChI=1S/C11H15F2N3O2/c1-11(2,14)6-15-9-4-3-7(16(17)18)5-8(9)10(12)13/h3-5,10,15H,6,14H2,1-2H3. The van der Waals surface area contributed by atoms with E-state index in [0.29, 0.717) is 0 Å². The first-order valence-electron chi connectivity index (χ1n) is 5.30. The van der Waals surface area contributed by atoms with Crippen LogP contribution in [0.25, 0.3) is 0 Å². The van der Waals surface area contributed by atoms with Gasteiger partial charge in [-0.25, -0.2) is 8.78 Å². The monoisotopic (exact) mass is 259 g/mol. The van der Waals surface area contributed by atoms with Gasteiger partial charge in [0.1, 0.15) is 0 Å². The van der Waals surface area contributed by atoms with Gasteiger partial charge in [0.2, 0.25) is 0 Å². The third kappa shape index (κ3) is 3.92. The van der Waals surface area contributed by atoms with Crippen LogP contribution in [0.4, 0.5) is 20.2 Å². The lowest BCUT2D eigenvalue weighted by Crippen LogP contribution is -2.39. The predicted octanol–water partition coefficient (Wildman–Crippen LogP) is 2.68. The Hall–Kier alpha value is -1.76. The highest BCUT2D eigenvalue weighted by molar-refractivity contribution is 5.56. The Bertz CT molecular complexity index is 444. The van der Waals surface area contributed by atoms with E-state index in [4.69, 9.17) is 5.73 Å². The molecule has 0 aromatic heterocycles. The molecule has 1 rings (SSSR count). The van der Waals surface area contributed by atoms with Crippen molar-refractivity contribution in [2.24, 2.45) is 5.73 Å². The van der Waals surface area contributed by atoms with E-state index in [2.05, 4.69) is 5.32 Å². The lowest BCUT2D eigenvalue weighted by atomic mass is 10.1. The second-order valence-corrected chi connectivity index (χ2v) is 4.67. The normalized spacial score (nSPS) is 11.7. The van der Waals surface area contributed by atoms with E-state index in [1.54, 1.807) is 13.8 Å². The van der Waals surface area contributed by atoms with Crippen LogP contribution in [0, 0.1) is 10.1 Å². The van der Waals surface area contributed by atoms with Crippen molar-refractivity contribution in [1.29, 1.82) is 0 Å². The average Bonchev–Trinajstić information content (AvgIpc) is 2.24.